The van der Waals surface area contributed by atoms with Crippen LogP contribution in [0.5, 0.6) is 11.5 Å². The number of ether oxygens (including phenoxy) is 1. The normalized spacial score (nSPS) is 10.1. The minimum absolute atomic E-state index is 0.0941. The largest absolute Gasteiger partial charge is 0.457 e. The molecule has 0 aliphatic carbocycles. The van der Waals surface area contributed by atoms with Crippen molar-refractivity contribution in [1.29, 1.82) is 0 Å². The predicted octanol–water partition coefficient (Wildman–Crippen LogP) is 4.46. The lowest BCUT2D eigenvalue weighted by Crippen LogP contribution is -1.92. The van der Waals surface area contributed by atoms with Crippen LogP contribution in [-0.4, -0.2) is 4.92 Å². The summed E-state index contributed by atoms with van der Waals surface area (Å²) in [6, 6.07) is 12.1. The molecule has 0 heterocycles. The van der Waals surface area contributed by atoms with E-state index in [4.69, 9.17) is 4.74 Å². The molecule has 0 aromatic heterocycles. The van der Waals surface area contributed by atoms with E-state index in [1.165, 1.54) is 6.07 Å². The van der Waals surface area contributed by atoms with E-state index in [2.05, 4.69) is 15.9 Å². The quantitative estimate of drug-likeness (QED) is 0.621. The van der Waals surface area contributed by atoms with Gasteiger partial charge in [0.05, 0.1) is 4.92 Å². The molecule has 0 radical (unpaired) electrons. The van der Waals surface area contributed by atoms with E-state index >= 15 is 0 Å². The van der Waals surface area contributed by atoms with Crippen LogP contribution in [0, 0.1) is 17.0 Å². The van der Waals surface area contributed by atoms with Crippen molar-refractivity contribution in [3.05, 3.63) is 62.6 Å². The average molecular weight is 308 g/mol. The first-order valence-corrected chi connectivity index (χ1v) is 6.04. The van der Waals surface area contributed by atoms with Crippen molar-refractivity contribution in [3.63, 3.8) is 0 Å². The van der Waals surface area contributed by atoms with Gasteiger partial charge in [-0.15, -0.1) is 0 Å². The maximum atomic E-state index is 10.7. The molecule has 0 fully saturated rings. The third-order valence-electron chi connectivity index (χ3n) is 2.40. The summed E-state index contributed by atoms with van der Waals surface area (Å²) in [5.74, 6) is 1.26. The van der Waals surface area contributed by atoms with Crippen LogP contribution in [0.2, 0.25) is 0 Å². The Morgan fingerprint density at radius 3 is 2.50 bits per heavy atom. The van der Waals surface area contributed by atoms with Gasteiger partial charge < -0.3 is 4.74 Å². The molecular formula is C13H10BrNO3. The Hall–Kier alpha value is -1.88. The lowest BCUT2D eigenvalue weighted by atomic mass is 10.2. The molecule has 0 spiro atoms. The van der Waals surface area contributed by atoms with Crippen LogP contribution in [0.15, 0.2) is 46.9 Å². The third kappa shape index (κ3) is 2.87. The van der Waals surface area contributed by atoms with E-state index in [9.17, 15) is 10.1 Å². The lowest BCUT2D eigenvalue weighted by molar-refractivity contribution is -0.385. The fraction of sp³-hybridized carbons (Fsp3) is 0.0769. The van der Waals surface area contributed by atoms with Gasteiger partial charge >= 0.3 is 0 Å². The van der Waals surface area contributed by atoms with E-state index < -0.39 is 4.92 Å². The Kier molecular flexibility index (Phi) is 3.62. The molecule has 2 aromatic carbocycles. The van der Waals surface area contributed by atoms with Crippen molar-refractivity contribution in [3.8, 4) is 11.5 Å². The molecule has 2 aromatic rings. The summed E-state index contributed by atoms with van der Waals surface area (Å²) in [5.41, 5.74) is 0.670. The molecule has 18 heavy (non-hydrogen) atoms. The third-order valence-corrected chi connectivity index (χ3v) is 2.89. The van der Waals surface area contributed by atoms with Gasteiger partial charge in [-0.2, -0.15) is 0 Å². The van der Waals surface area contributed by atoms with Gasteiger partial charge in [0, 0.05) is 16.1 Å². The maximum absolute atomic E-state index is 10.7. The molecule has 2 rings (SSSR count). The zero-order chi connectivity index (χ0) is 13.1. The Labute approximate surface area is 112 Å². The second kappa shape index (κ2) is 5.18. The Morgan fingerprint density at radius 1 is 1.17 bits per heavy atom. The fourth-order valence-electron chi connectivity index (χ4n) is 1.56. The van der Waals surface area contributed by atoms with Gasteiger partial charge in [-0.3, -0.25) is 10.1 Å². The predicted molar refractivity (Wildman–Crippen MR) is 72.0 cm³/mol. The van der Waals surface area contributed by atoms with Crippen molar-refractivity contribution in [2.45, 2.75) is 6.92 Å². The number of hydrogen-bond donors (Lipinski definition) is 0. The number of nitro groups is 1. The molecule has 0 N–H and O–H groups in total. The Morgan fingerprint density at radius 2 is 1.89 bits per heavy atom. The van der Waals surface area contributed by atoms with Crippen LogP contribution in [0.4, 0.5) is 5.69 Å². The zero-order valence-corrected chi connectivity index (χ0v) is 11.2. The smallest absolute Gasteiger partial charge is 0.272 e. The second-order valence-corrected chi connectivity index (χ2v) is 4.68. The van der Waals surface area contributed by atoms with Crippen LogP contribution in [0.25, 0.3) is 0 Å². The molecule has 0 saturated heterocycles. The van der Waals surface area contributed by atoms with Crippen LogP contribution in [-0.2, 0) is 0 Å². The van der Waals surface area contributed by atoms with Gasteiger partial charge in [-0.05, 0) is 37.3 Å². The SMILES string of the molecule is Cc1cc(Oc2cccc(Br)c2)ccc1[N+](=O)[O-]. The highest BCUT2D eigenvalue weighted by Gasteiger charge is 2.10. The van der Waals surface area contributed by atoms with Crippen molar-refractivity contribution in [1.82, 2.24) is 0 Å². The molecule has 5 heteroatoms. The van der Waals surface area contributed by atoms with Gasteiger partial charge in [-0.25, -0.2) is 0 Å². The topological polar surface area (TPSA) is 52.4 Å². The van der Waals surface area contributed by atoms with E-state index in [1.807, 2.05) is 24.3 Å². The summed E-state index contributed by atoms with van der Waals surface area (Å²) in [5, 5.41) is 10.7. The van der Waals surface area contributed by atoms with Crippen molar-refractivity contribution in [2.24, 2.45) is 0 Å². The first kappa shape index (κ1) is 12.6. The molecule has 0 bridgehead atoms. The van der Waals surface area contributed by atoms with Crippen molar-refractivity contribution < 1.29 is 9.66 Å². The van der Waals surface area contributed by atoms with Gasteiger partial charge in [0.15, 0.2) is 0 Å². The number of rotatable bonds is 3. The van der Waals surface area contributed by atoms with E-state index in [0.717, 1.165) is 4.47 Å². The summed E-state index contributed by atoms with van der Waals surface area (Å²) in [6.45, 7) is 1.69. The lowest BCUT2D eigenvalue weighted by Gasteiger charge is -2.06. The summed E-state index contributed by atoms with van der Waals surface area (Å²) in [7, 11) is 0. The number of benzene rings is 2. The summed E-state index contributed by atoms with van der Waals surface area (Å²) in [4.78, 5) is 10.3. The molecule has 4 nitrogen and oxygen atoms in total. The molecule has 0 saturated carbocycles. The monoisotopic (exact) mass is 307 g/mol. The van der Waals surface area contributed by atoms with Crippen LogP contribution in [0.3, 0.4) is 0 Å². The second-order valence-electron chi connectivity index (χ2n) is 3.76. The summed E-state index contributed by atoms with van der Waals surface area (Å²) < 4.78 is 6.54. The molecular weight excluding hydrogens is 298 g/mol. The van der Waals surface area contributed by atoms with E-state index in [0.29, 0.717) is 17.1 Å². The highest BCUT2D eigenvalue weighted by atomic mass is 79.9. The average Bonchev–Trinajstić information content (AvgIpc) is 2.28. The van der Waals surface area contributed by atoms with Gasteiger partial charge in [-0.1, -0.05) is 22.0 Å². The number of hydrogen-bond acceptors (Lipinski definition) is 3. The van der Waals surface area contributed by atoms with Crippen LogP contribution in [0.1, 0.15) is 5.56 Å². The molecule has 0 aliphatic rings. The summed E-state index contributed by atoms with van der Waals surface area (Å²) in [6.07, 6.45) is 0. The number of halogens is 1. The Balaban J connectivity index is 2.25. The first-order valence-electron chi connectivity index (χ1n) is 5.25. The van der Waals surface area contributed by atoms with Crippen LogP contribution >= 0.6 is 15.9 Å². The van der Waals surface area contributed by atoms with Gasteiger partial charge in [0.1, 0.15) is 11.5 Å². The number of nitrogens with zero attached hydrogens (tertiary/aromatic N) is 1. The standard InChI is InChI=1S/C13H10BrNO3/c1-9-7-12(5-6-13(9)15(16)17)18-11-4-2-3-10(14)8-11/h2-8H,1H3. The summed E-state index contributed by atoms with van der Waals surface area (Å²) >= 11 is 3.35. The van der Waals surface area contributed by atoms with E-state index in [-0.39, 0.29) is 5.69 Å². The van der Waals surface area contributed by atoms with E-state index in [1.54, 1.807) is 19.1 Å². The van der Waals surface area contributed by atoms with Gasteiger partial charge in [0.25, 0.3) is 5.69 Å². The Bertz CT molecular complexity index is 599. The molecule has 92 valence electrons. The number of aryl methyl sites for hydroxylation is 1. The van der Waals surface area contributed by atoms with Gasteiger partial charge in [0.2, 0.25) is 0 Å². The molecule has 0 aliphatic heterocycles. The van der Waals surface area contributed by atoms with Crippen molar-refractivity contribution in [2.75, 3.05) is 0 Å². The molecule has 0 unspecified atom stereocenters. The highest BCUT2D eigenvalue weighted by Crippen LogP contribution is 2.28. The maximum Gasteiger partial charge on any atom is 0.272 e. The first-order chi connectivity index (χ1) is 8.56. The number of nitro benzene ring substituents is 1. The fourth-order valence-corrected chi connectivity index (χ4v) is 1.94. The highest BCUT2D eigenvalue weighted by molar-refractivity contribution is 9.10. The van der Waals surface area contributed by atoms with Crippen LogP contribution < -0.4 is 4.74 Å². The molecule has 0 amide bonds. The van der Waals surface area contributed by atoms with Crippen molar-refractivity contribution >= 4 is 21.6 Å². The molecule has 0 atom stereocenters. The minimum Gasteiger partial charge on any atom is -0.457 e. The zero-order valence-electron chi connectivity index (χ0n) is 9.59. The minimum atomic E-state index is -0.405.